The molecular weight excluding hydrogens is 773 g/mol. The third-order valence-corrected chi connectivity index (χ3v) is 13.4. The van der Waals surface area contributed by atoms with Gasteiger partial charge >= 0.3 is 11.9 Å². The predicted octanol–water partition coefficient (Wildman–Crippen LogP) is 13.3. The second-order valence-corrected chi connectivity index (χ2v) is 19.7. The zero-order chi connectivity index (χ0) is 44.2. The van der Waals surface area contributed by atoms with Gasteiger partial charge in [0.05, 0.1) is 19.0 Å². The summed E-state index contributed by atoms with van der Waals surface area (Å²) in [6, 6.07) is 0. The summed E-state index contributed by atoms with van der Waals surface area (Å²) in [5.41, 5.74) is 0. The minimum absolute atomic E-state index is 0.00931. The third kappa shape index (κ3) is 40.8. The SMILES string of the molecule is CCCCCCCCC(CCCCCCCC)OC(=O)CCCCCCCN(CCCCCCCC(=O)OCCC(CCCC)CCCC)CCCNS(=O)(=O)CCOC. The molecule has 0 aliphatic rings. The van der Waals surface area contributed by atoms with E-state index in [4.69, 9.17) is 14.2 Å². The van der Waals surface area contributed by atoms with E-state index >= 15 is 0 Å². The van der Waals surface area contributed by atoms with Crippen molar-refractivity contribution in [2.24, 2.45) is 5.92 Å². The highest BCUT2D eigenvalue weighted by Crippen LogP contribution is 2.21. The highest BCUT2D eigenvalue weighted by Gasteiger charge is 2.15. The number of nitrogens with zero attached hydrogens (tertiary/aromatic N) is 1. The van der Waals surface area contributed by atoms with Crippen LogP contribution in [0.4, 0.5) is 0 Å². The maximum absolute atomic E-state index is 12.8. The third-order valence-electron chi connectivity index (χ3n) is 12.0. The van der Waals surface area contributed by atoms with Crippen LogP contribution in [0.15, 0.2) is 0 Å². The zero-order valence-corrected chi connectivity index (χ0v) is 41.2. The molecule has 0 unspecified atom stereocenters. The van der Waals surface area contributed by atoms with Crippen molar-refractivity contribution >= 4 is 22.0 Å². The van der Waals surface area contributed by atoms with Crippen molar-refractivity contribution in [1.29, 1.82) is 0 Å². The average molecular weight is 873 g/mol. The molecule has 0 bridgehead atoms. The minimum Gasteiger partial charge on any atom is -0.466 e. The van der Waals surface area contributed by atoms with Crippen LogP contribution in [-0.2, 0) is 33.8 Å². The Morgan fingerprint density at radius 1 is 0.500 bits per heavy atom. The minimum atomic E-state index is -3.31. The molecule has 0 aromatic heterocycles. The van der Waals surface area contributed by atoms with Gasteiger partial charge in [0.1, 0.15) is 6.10 Å². The van der Waals surface area contributed by atoms with Crippen molar-refractivity contribution in [3.8, 4) is 0 Å². The molecular formula is C50H100N2O7S. The van der Waals surface area contributed by atoms with Gasteiger partial charge in [0.25, 0.3) is 0 Å². The van der Waals surface area contributed by atoms with Crippen LogP contribution in [0, 0.1) is 5.92 Å². The van der Waals surface area contributed by atoms with Crippen LogP contribution in [0.5, 0.6) is 0 Å². The molecule has 0 fully saturated rings. The number of carbonyl (C=O) groups excluding carboxylic acids is 2. The molecule has 0 saturated carbocycles. The summed E-state index contributed by atoms with van der Waals surface area (Å²) >= 11 is 0. The standard InChI is InChI=1S/C50H100N2O7S/c1-6-10-14-16-20-26-35-48(36-27-21-17-15-11-7-2)59-50(54)38-29-23-19-25-31-42-52(43-32-40-51-60(55,56)46-45-57-5)41-30-24-18-22-28-37-49(53)58-44-39-47(33-12-8-3)34-13-9-4/h47-48,51H,6-46H2,1-5H3. The van der Waals surface area contributed by atoms with Gasteiger partial charge in [-0.2, -0.15) is 0 Å². The van der Waals surface area contributed by atoms with Gasteiger partial charge in [-0.3, -0.25) is 9.59 Å². The molecule has 0 amide bonds. The Balaban J connectivity index is 4.57. The van der Waals surface area contributed by atoms with Crippen LogP contribution in [0.25, 0.3) is 0 Å². The molecule has 0 atom stereocenters. The van der Waals surface area contributed by atoms with Gasteiger partial charge in [-0.15, -0.1) is 0 Å². The Morgan fingerprint density at radius 3 is 1.47 bits per heavy atom. The number of rotatable bonds is 48. The molecule has 0 radical (unpaired) electrons. The molecule has 0 aliphatic carbocycles. The first kappa shape index (κ1) is 58.8. The van der Waals surface area contributed by atoms with Crippen molar-refractivity contribution in [3.63, 3.8) is 0 Å². The number of esters is 2. The first-order valence-electron chi connectivity index (χ1n) is 25.7. The number of hydrogen-bond acceptors (Lipinski definition) is 8. The van der Waals surface area contributed by atoms with Crippen molar-refractivity contribution in [2.45, 2.75) is 252 Å². The van der Waals surface area contributed by atoms with E-state index in [0.29, 0.717) is 31.9 Å². The van der Waals surface area contributed by atoms with Gasteiger partial charge in [-0.05, 0) is 89.8 Å². The summed E-state index contributed by atoms with van der Waals surface area (Å²) in [6.45, 7) is 13.1. The van der Waals surface area contributed by atoms with Crippen LogP contribution in [0.1, 0.15) is 246 Å². The monoisotopic (exact) mass is 873 g/mol. The van der Waals surface area contributed by atoms with Gasteiger partial charge in [0.2, 0.25) is 10.0 Å². The maximum Gasteiger partial charge on any atom is 0.306 e. The first-order valence-corrected chi connectivity index (χ1v) is 27.4. The van der Waals surface area contributed by atoms with E-state index in [0.717, 1.165) is 122 Å². The second-order valence-electron chi connectivity index (χ2n) is 17.8. The second kappa shape index (κ2) is 44.4. The summed E-state index contributed by atoms with van der Waals surface area (Å²) in [6.07, 6.45) is 38.1. The fourth-order valence-electron chi connectivity index (χ4n) is 8.04. The van der Waals surface area contributed by atoms with Gasteiger partial charge < -0.3 is 19.1 Å². The van der Waals surface area contributed by atoms with E-state index in [9.17, 15) is 18.0 Å². The highest BCUT2D eigenvalue weighted by atomic mass is 32.2. The predicted molar refractivity (Wildman–Crippen MR) is 254 cm³/mol. The lowest BCUT2D eigenvalue weighted by atomic mass is 9.93. The van der Waals surface area contributed by atoms with Gasteiger partial charge in [0.15, 0.2) is 0 Å². The van der Waals surface area contributed by atoms with Crippen molar-refractivity contribution < 1.29 is 32.2 Å². The van der Waals surface area contributed by atoms with E-state index in [1.807, 2.05) is 0 Å². The van der Waals surface area contributed by atoms with Gasteiger partial charge in [-0.25, -0.2) is 13.1 Å². The molecule has 358 valence electrons. The number of methoxy groups -OCH3 is 1. The number of carbonyl (C=O) groups is 2. The Kier molecular flexibility index (Phi) is 43.5. The summed E-state index contributed by atoms with van der Waals surface area (Å²) in [4.78, 5) is 27.7. The number of unbranched alkanes of at least 4 members (excludes halogenated alkanes) is 20. The Hall–Kier alpha value is -1.23. The van der Waals surface area contributed by atoms with Crippen LogP contribution < -0.4 is 4.72 Å². The van der Waals surface area contributed by atoms with Crippen LogP contribution >= 0.6 is 0 Å². The van der Waals surface area contributed by atoms with Crippen molar-refractivity contribution in [2.75, 3.05) is 52.3 Å². The number of nitrogens with one attached hydrogen (secondary N) is 1. The topological polar surface area (TPSA) is 111 Å². The first-order chi connectivity index (χ1) is 29.2. The van der Waals surface area contributed by atoms with E-state index in [2.05, 4.69) is 37.3 Å². The van der Waals surface area contributed by atoms with Gasteiger partial charge in [0, 0.05) is 26.5 Å². The van der Waals surface area contributed by atoms with E-state index in [1.54, 1.807) is 0 Å². The van der Waals surface area contributed by atoms with Crippen LogP contribution in [-0.4, -0.2) is 83.6 Å². The molecule has 0 aromatic carbocycles. The molecule has 0 heterocycles. The molecule has 0 saturated heterocycles. The summed E-state index contributed by atoms with van der Waals surface area (Å²) in [5.74, 6) is 0.613. The lowest BCUT2D eigenvalue weighted by Crippen LogP contribution is -2.33. The smallest absolute Gasteiger partial charge is 0.306 e. The van der Waals surface area contributed by atoms with E-state index < -0.39 is 10.0 Å². The summed E-state index contributed by atoms with van der Waals surface area (Å²) in [5, 5.41) is 0. The van der Waals surface area contributed by atoms with E-state index in [1.165, 1.54) is 110 Å². The lowest BCUT2D eigenvalue weighted by Gasteiger charge is -2.22. The molecule has 60 heavy (non-hydrogen) atoms. The maximum atomic E-state index is 12.8. The van der Waals surface area contributed by atoms with Crippen molar-refractivity contribution in [3.05, 3.63) is 0 Å². The molecule has 0 aliphatic heterocycles. The average Bonchev–Trinajstić information content (AvgIpc) is 3.23. The molecule has 0 spiro atoms. The molecule has 0 aromatic rings. The summed E-state index contributed by atoms with van der Waals surface area (Å²) in [7, 11) is -1.80. The molecule has 9 nitrogen and oxygen atoms in total. The van der Waals surface area contributed by atoms with Gasteiger partial charge in [-0.1, -0.05) is 169 Å². The zero-order valence-electron chi connectivity index (χ0n) is 40.4. The molecule has 1 N–H and O–H groups in total. The summed E-state index contributed by atoms with van der Waals surface area (Å²) < 4.78 is 43.8. The number of ether oxygens (including phenoxy) is 3. The lowest BCUT2D eigenvalue weighted by molar-refractivity contribution is -0.150. The number of sulfonamides is 1. The van der Waals surface area contributed by atoms with E-state index in [-0.39, 0.29) is 30.4 Å². The fourth-order valence-corrected chi connectivity index (χ4v) is 9.03. The molecule has 0 rings (SSSR count). The van der Waals surface area contributed by atoms with Crippen LogP contribution in [0.2, 0.25) is 0 Å². The highest BCUT2D eigenvalue weighted by molar-refractivity contribution is 7.89. The normalized spacial score (nSPS) is 12.0. The fraction of sp³-hybridized carbons (Fsp3) is 0.960. The Morgan fingerprint density at radius 2 is 0.950 bits per heavy atom. The van der Waals surface area contributed by atoms with Crippen LogP contribution in [0.3, 0.4) is 0 Å². The quantitative estimate of drug-likeness (QED) is 0.0475. The number of hydrogen-bond donors (Lipinski definition) is 1. The Labute approximate surface area is 372 Å². The van der Waals surface area contributed by atoms with Crippen molar-refractivity contribution in [1.82, 2.24) is 9.62 Å². The largest absolute Gasteiger partial charge is 0.466 e. The Bertz CT molecular complexity index is 1020. The molecule has 10 heteroatoms.